The molecule has 0 saturated heterocycles. The molecule has 2 heteroatoms. The van der Waals surface area contributed by atoms with Crippen molar-refractivity contribution in [3.63, 3.8) is 0 Å². The van der Waals surface area contributed by atoms with E-state index in [1.807, 2.05) is 24.3 Å². The van der Waals surface area contributed by atoms with Crippen molar-refractivity contribution >= 4 is 44.9 Å². The molecule has 3 aliphatic carbocycles. The van der Waals surface area contributed by atoms with Crippen molar-refractivity contribution in [2.45, 2.75) is 24.7 Å². The highest BCUT2D eigenvalue weighted by molar-refractivity contribution is 5.99. The van der Waals surface area contributed by atoms with Crippen LogP contribution >= 0.6 is 0 Å². The summed E-state index contributed by atoms with van der Waals surface area (Å²) in [6, 6.07) is 78.8. The van der Waals surface area contributed by atoms with Crippen molar-refractivity contribution in [1.29, 1.82) is 0 Å². The van der Waals surface area contributed by atoms with Gasteiger partial charge in [0, 0.05) is 39.4 Å². The number of fused-ring (bicyclic) bond motifs is 14. The Labute approximate surface area is 417 Å². The molecule has 1 unspecified atom stereocenters. The predicted molar refractivity (Wildman–Crippen MR) is 293 cm³/mol. The lowest BCUT2D eigenvalue weighted by molar-refractivity contribution is 0.660. The van der Waals surface area contributed by atoms with Crippen molar-refractivity contribution in [2.75, 3.05) is 9.80 Å². The zero-order valence-electron chi connectivity index (χ0n) is 43.8. The van der Waals surface area contributed by atoms with Crippen LogP contribution < -0.4 is 9.80 Å². The Kier molecular flexibility index (Phi) is 7.79. The highest BCUT2D eigenvalue weighted by Crippen LogP contribution is 2.64. The van der Waals surface area contributed by atoms with Gasteiger partial charge in [-0.05, 0) is 150 Å². The van der Waals surface area contributed by atoms with Crippen LogP contribution in [0.3, 0.4) is 0 Å². The molecular weight excluding hydrogens is 845 g/mol. The fourth-order valence-corrected chi connectivity index (χ4v) is 12.3. The molecule has 0 radical (unpaired) electrons. The van der Waals surface area contributed by atoms with Crippen LogP contribution in [0.1, 0.15) is 54.1 Å². The topological polar surface area (TPSA) is 6.48 Å². The van der Waals surface area contributed by atoms with Crippen LogP contribution in [0.2, 0.25) is 0 Å². The van der Waals surface area contributed by atoms with E-state index in [-0.39, 0.29) is 35.1 Å². The van der Waals surface area contributed by atoms with Crippen LogP contribution in [0.5, 0.6) is 0 Å². The molecule has 1 spiro atoms. The van der Waals surface area contributed by atoms with Crippen LogP contribution in [-0.4, -0.2) is 0 Å². The van der Waals surface area contributed by atoms with Gasteiger partial charge in [0.1, 0.15) is 0 Å². The minimum Gasteiger partial charge on any atom is -0.310 e. The zero-order valence-corrected chi connectivity index (χ0v) is 38.8. The largest absolute Gasteiger partial charge is 0.310 e. The van der Waals surface area contributed by atoms with E-state index in [9.17, 15) is 2.74 Å². The van der Waals surface area contributed by atoms with Crippen LogP contribution in [-0.2, 0) is 10.8 Å². The lowest BCUT2D eigenvalue weighted by Gasteiger charge is -2.34. The van der Waals surface area contributed by atoms with E-state index in [1.165, 1.54) is 66.4 Å². The Balaban J connectivity index is 1.03. The van der Waals surface area contributed by atoms with Crippen LogP contribution in [0.15, 0.2) is 255 Å². The molecule has 0 N–H and O–H groups in total. The zero-order chi connectivity index (χ0) is 50.9. The van der Waals surface area contributed by atoms with Gasteiger partial charge in [0.15, 0.2) is 0 Å². The average Bonchev–Trinajstić information content (AvgIpc) is 4.16. The van der Waals surface area contributed by atoms with Gasteiger partial charge >= 0.3 is 0 Å². The first-order valence-corrected chi connectivity index (χ1v) is 24.1. The van der Waals surface area contributed by atoms with E-state index in [0.29, 0.717) is 11.3 Å². The third-order valence-corrected chi connectivity index (χ3v) is 15.3. The number of para-hydroxylation sites is 2. The van der Waals surface area contributed by atoms with Gasteiger partial charge in [0.05, 0.1) is 18.0 Å². The number of anilines is 6. The van der Waals surface area contributed by atoms with E-state index >= 15 is 0 Å². The standard InChI is InChI=1S/C68H48N2/c1-67(2)60-29-15-11-26-54(60)57-38-36-51(42-63(57)67)70(66-32-18-14-25-53(66)46-20-5-3-6-21-46)52-37-40-59-56-28-13-17-31-62(56)68(65(59)44-52)61-30-16-12-27-55(61)58-39-35-50(43-64(58)68)69(48-23-7-4-8-24-48)49-34-33-45-19-9-10-22-47(45)41-49/h3-44H,1-2H3/i3D,5D,6D,20D,21D. The molecule has 11 aromatic rings. The van der Waals surface area contributed by atoms with Gasteiger partial charge in [0.25, 0.3) is 0 Å². The summed E-state index contributed by atoms with van der Waals surface area (Å²) in [6.07, 6.45) is 0. The van der Waals surface area contributed by atoms with Gasteiger partial charge in [-0.15, -0.1) is 0 Å². The lowest BCUT2D eigenvalue weighted by Crippen LogP contribution is -2.26. The second kappa shape index (κ2) is 15.4. The summed E-state index contributed by atoms with van der Waals surface area (Å²) in [4.78, 5) is 4.61. The molecule has 14 rings (SSSR count). The van der Waals surface area contributed by atoms with Crippen LogP contribution in [0.4, 0.5) is 34.1 Å². The van der Waals surface area contributed by atoms with E-state index in [0.717, 1.165) is 39.6 Å². The first-order chi connectivity index (χ1) is 36.5. The molecule has 0 heterocycles. The molecule has 330 valence electrons. The maximum atomic E-state index is 9.27. The number of nitrogens with zero attached hydrogens (tertiary/aromatic N) is 2. The molecule has 0 bridgehead atoms. The van der Waals surface area contributed by atoms with Crippen LogP contribution in [0.25, 0.3) is 55.3 Å². The Hall–Kier alpha value is -8.72. The van der Waals surface area contributed by atoms with Gasteiger partial charge in [0.2, 0.25) is 0 Å². The fraction of sp³-hybridized carbons (Fsp3) is 0.0588. The summed E-state index contributed by atoms with van der Waals surface area (Å²) < 4.78 is 44.6. The third kappa shape index (κ3) is 5.80. The second-order valence-electron chi connectivity index (χ2n) is 19.3. The molecule has 3 aliphatic rings. The van der Waals surface area contributed by atoms with Crippen molar-refractivity contribution < 1.29 is 6.85 Å². The molecule has 70 heavy (non-hydrogen) atoms. The first-order valence-electron chi connectivity index (χ1n) is 26.6. The number of benzene rings is 11. The molecule has 0 amide bonds. The number of rotatable bonds is 7. The molecule has 11 aromatic carbocycles. The normalized spacial score (nSPS) is 16.2. The Bertz CT molecular complexity index is 4160. The summed E-state index contributed by atoms with van der Waals surface area (Å²) >= 11 is 0. The van der Waals surface area contributed by atoms with E-state index in [4.69, 9.17) is 4.11 Å². The summed E-state index contributed by atoms with van der Waals surface area (Å²) in [5.41, 5.74) is 19.5. The number of hydrogen-bond donors (Lipinski definition) is 0. The third-order valence-electron chi connectivity index (χ3n) is 15.3. The van der Waals surface area contributed by atoms with Gasteiger partial charge in [-0.3, -0.25) is 0 Å². The van der Waals surface area contributed by atoms with Gasteiger partial charge in [-0.2, -0.15) is 0 Å². The summed E-state index contributed by atoms with van der Waals surface area (Å²) in [5, 5.41) is 2.35. The summed E-state index contributed by atoms with van der Waals surface area (Å²) in [6.45, 7) is 4.57. The van der Waals surface area contributed by atoms with Crippen LogP contribution in [0, 0.1) is 0 Å². The minimum absolute atomic E-state index is 0.154. The van der Waals surface area contributed by atoms with Crippen molar-refractivity contribution in [3.05, 3.63) is 288 Å². The Morgan fingerprint density at radius 3 is 1.40 bits per heavy atom. The van der Waals surface area contributed by atoms with Gasteiger partial charge in [-0.25, -0.2) is 0 Å². The maximum Gasteiger partial charge on any atom is 0.0727 e. The molecular formula is C68H48N2. The Morgan fingerprint density at radius 2 is 0.757 bits per heavy atom. The minimum atomic E-state index is -0.741. The van der Waals surface area contributed by atoms with Crippen molar-refractivity contribution in [3.8, 4) is 44.5 Å². The van der Waals surface area contributed by atoms with E-state index in [2.05, 4.69) is 224 Å². The molecule has 2 nitrogen and oxygen atoms in total. The fourth-order valence-electron chi connectivity index (χ4n) is 12.3. The molecule has 0 saturated carbocycles. The quantitative estimate of drug-likeness (QED) is 0.157. The SMILES string of the molecule is [2H]c1c([2H])c([2H])c(-c2ccccc2N(c2ccc3c(c2)C(C)(C)c2ccccc2-3)c2ccc3c(c2)C2(c4ccccc4-c4ccc(N(c5ccccc5)c5ccc6ccccc6c5)cc42)c2ccccc2-3)c([2H])c1[2H]. The predicted octanol–water partition coefficient (Wildman–Crippen LogP) is 18.1. The van der Waals surface area contributed by atoms with Gasteiger partial charge in [-0.1, -0.05) is 202 Å². The van der Waals surface area contributed by atoms with Crippen molar-refractivity contribution in [1.82, 2.24) is 0 Å². The van der Waals surface area contributed by atoms with E-state index < -0.39 is 11.5 Å². The molecule has 0 fully saturated rings. The lowest BCUT2D eigenvalue weighted by atomic mass is 9.70. The molecule has 0 aliphatic heterocycles. The second-order valence-corrected chi connectivity index (χ2v) is 19.3. The highest BCUT2D eigenvalue weighted by atomic mass is 15.1. The summed E-state index contributed by atoms with van der Waals surface area (Å²) in [7, 11) is 0. The van der Waals surface area contributed by atoms with Crippen molar-refractivity contribution in [2.24, 2.45) is 0 Å². The average molecular weight is 898 g/mol. The number of hydrogen-bond acceptors (Lipinski definition) is 2. The molecule has 1 atom stereocenters. The highest BCUT2D eigenvalue weighted by Gasteiger charge is 2.52. The smallest absolute Gasteiger partial charge is 0.0727 e. The first kappa shape index (κ1) is 35.4. The maximum absolute atomic E-state index is 9.27. The van der Waals surface area contributed by atoms with Gasteiger partial charge < -0.3 is 9.80 Å². The summed E-state index contributed by atoms with van der Waals surface area (Å²) in [5.74, 6) is 0. The molecule has 0 aromatic heterocycles. The monoisotopic (exact) mass is 897 g/mol. The Morgan fingerprint density at radius 1 is 0.314 bits per heavy atom. The van der Waals surface area contributed by atoms with E-state index in [1.54, 1.807) is 0 Å².